The zero-order chi connectivity index (χ0) is 15.5. The molecule has 0 aliphatic carbocycles. The lowest BCUT2D eigenvalue weighted by Gasteiger charge is -2.05. The molecule has 0 saturated carbocycles. The molecule has 2 aromatic carbocycles. The number of carbonyl (C=O) groups is 1. The van der Waals surface area contributed by atoms with Crippen molar-refractivity contribution in [1.82, 2.24) is 15.0 Å². The minimum absolute atomic E-state index is 0.335. The smallest absolute Gasteiger partial charge is 0.338 e. The fourth-order valence-corrected chi connectivity index (χ4v) is 2.20. The zero-order valence-corrected chi connectivity index (χ0v) is 12.0. The van der Waals surface area contributed by atoms with E-state index in [1.54, 1.807) is 29.8 Å². The first-order valence-corrected chi connectivity index (χ1v) is 6.92. The van der Waals surface area contributed by atoms with Crippen molar-refractivity contribution < 1.29 is 13.9 Å². The van der Waals surface area contributed by atoms with Crippen LogP contribution in [0.5, 0.6) is 0 Å². The Morgan fingerprint density at radius 2 is 2.00 bits per heavy atom. The number of ether oxygens (including phenoxy) is 1. The van der Waals surface area contributed by atoms with Gasteiger partial charge in [0.05, 0.1) is 24.2 Å². The number of esters is 1. The van der Waals surface area contributed by atoms with Crippen LogP contribution >= 0.6 is 0 Å². The van der Waals surface area contributed by atoms with E-state index in [-0.39, 0.29) is 11.8 Å². The van der Waals surface area contributed by atoms with Crippen LogP contribution in [0, 0.1) is 5.82 Å². The van der Waals surface area contributed by atoms with E-state index in [4.69, 9.17) is 4.74 Å². The summed E-state index contributed by atoms with van der Waals surface area (Å²) in [5.74, 6) is -0.672. The first kappa shape index (κ1) is 14.2. The fraction of sp³-hybridized carbons (Fsp3) is 0.188. The molecule has 112 valence electrons. The van der Waals surface area contributed by atoms with Gasteiger partial charge in [0.1, 0.15) is 11.3 Å². The summed E-state index contributed by atoms with van der Waals surface area (Å²) in [6, 6.07) is 11.5. The Labute approximate surface area is 126 Å². The van der Waals surface area contributed by atoms with Crippen molar-refractivity contribution >= 4 is 17.0 Å². The molecule has 0 unspecified atom stereocenters. The van der Waals surface area contributed by atoms with E-state index >= 15 is 0 Å². The lowest BCUT2D eigenvalue weighted by Crippen LogP contribution is -2.06. The second kappa shape index (κ2) is 5.93. The number of nitrogens with zero attached hydrogens (tertiary/aromatic N) is 3. The van der Waals surface area contributed by atoms with Gasteiger partial charge in [0.2, 0.25) is 0 Å². The summed E-state index contributed by atoms with van der Waals surface area (Å²) in [5, 5.41) is 7.97. The molecule has 3 rings (SSSR count). The van der Waals surface area contributed by atoms with Gasteiger partial charge in [-0.25, -0.2) is 13.9 Å². The number of benzene rings is 2. The summed E-state index contributed by atoms with van der Waals surface area (Å²) < 4.78 is 19.8. The van der Waals surface area contributed by atoms with Crippen LogP contribution in [0.15, 0.2) is 42.5 Å². The lowest BCUT2D eigenvalue weighted by molar-refractivity contribution is 0.0526. The van der Waals surface area contributed by atoms with Crippen LogP contribution in [0.25, 0.3) is 11.0 Å². The Balaban J connectivity index is 1.81. The summed E-state index contributed by atoms with van der Waals surface area (Å²) in [5.41, 5.74) is 2.75. The van der Waals surface area contributed by atoms with Crippen LogP contribution in [0.4, 0.5) is 4.39 Å². The Bertz CT molecular complexity index is 812. The van der Waals surface area contributed by atoms with Gasteiger partial charge in [-0.15, -0.1) is 5.10 Å². The van der Waals surface area contributed by atoms with Gasteiger partial charge in [0, 0.05) is 6.07 Å². The molecule has 0 aliphatic rings. The quantitative estimate of drug-likeness (QED) is 0.695. The van der Waals surface area contributed by atoms with Crippen molar-refractivity contribution in [1.29, 1.82) is 0 Å². The predicted molar refractivity (Wildman–Crippen MR) is 79.0 cm³/mol. The highest BCUT2D eigenvalue weighted by Crippen LogP contribution is 2.14. The molecule has 1 aromatic heterocycles. The average Bonchev–Trinajstić information content (AvgIpc) is 2.90. The number of halogens is 1. The third-order valence-electron chi connectivity index (χ3n) is 3.27. The minimum atomic E-state index is -0.337. The van der Waals surface area contributed by atoms with Gasteiger partial charge in [0.15, 0.2) is 0 Å². The Kier molecular flexibility index (Phi) is 3.82. The van der Waals surface area contributed by atoms with E-state index in [2.05, 4.69) is 10.3 Å². The van der Waals surface area contributed by atoms with Crippen LogP contribution in [0.3, 0.4) is 0 Å². The van der Waals surface area contributed by atoms with Crippen LogP contribution in [-0.4, -0.2) is 27.6 Å². The molecule has 0 fully saturated rings. The molecule has 0 amide bonds. The number of hydrogen-bond acceptors (Lipinski definition) is 4. The van der Waals surface area contributed by atoms with Crippen LogP contribution in [0.1, 0.15) is 22.8 Å². The molecule has 0 spiro atoms. The zero-order valence-electron chi connectivity index (χ0n) is 12.0. The van der Waals surface area contributed by atoms with E-state index in [9.17, 15) is 9.18 Å². The predicted octanol–water partition coefficient (Wildman–Crippen LogP) is 2.80. The van der Waals surface area contributed by atoms with Crippen molar-refractivity contribution in [3.8, 4) is 0 Å². The fourth-order valence-electron chi connectivity index (χ4n) is 2.20. The molecule has 0 N–H and O–H groups in total. The summed E-state index contributed by atoms with van der Waals surface area (Å²) in [6.45, 7) is 2.61. The Hall–Kier alpha value is -2.76. The normalized spacial score (nSPS) is 10.8. The molecule has 0 radical (unpaired) electrons. The van der Waals surface area contributed by atoms with Crippen LogP contribution in [0.2, 0.25) is 0 Å². The summed E-state index contributed by atoms with van der Waals surface area (Å²) in [4.78, 5) is 11.6. The average molecular weight is 299 g/mol. The van der Waals surface area contributed by atoms with Gasteiger partial charge in [-0.1, -0.05) is 17.3 Å². The number of fused-ring (bicyclic) bond motifs is 1. The SMILES string of the molecule is CCOC(=O)c1ccc(Cn2nnc3cc(F)ccc32)cc1. The van der Waals surface area contributed by atoms with Gasteiger partial charge in [-0.05, 0) is 36.8 Å². The van der Waals surface area contributed by atoms with Gasteiger partial charge >= 0.3 is 5.97 Å². The van der Waals surface area contributed by atoms with E-state index in [0.29, 0.717) is 24.2 Å². The van der Waals surface area contributed by atoms with E-state index in [0.717, 1.165) is 11.1 Å². The molecule has 0 bridgehead atoms. The number of rotatable bonds is 4. The van der Waals surface area contributed by atoms with Gasteiger partial charge in [0.25, 0.3) is 0 Å². The third-order valence-corrected chi connectivity index (χ3v) is 3.27. The molecular formula is C16H14FN3O2. The van der Waals surface area contributed by atoms with E-state index in [1.165, 1.54) is 12.1 Å². The molecule has 3 aromatic rings. The number of aromatic nitrogens is 3. The standard InChI is InChI=1S/C16H14FN3O2/c1-2-22-16(21)12-5-3-11(4-6-12)10-20-15-8-7-13(17)9-14(15)18-19-20/h3-9H,2,10H2,1H3. The molecule has 1 heterocycles. The maximum Gasteiger partial charge on any atom is 0.338 e. The molecule has 6 heteroatoms. The Morgan fingerprint density at radius 3 is 2.73 bits per heavy atom. The van der Waals surface area contributed by atoms with Crippen LogP contribution < -0.4 is 0 Å². The summed E-state index contributed by atoms with van der Waals surface area (Å²) >= 11 is 0. The lowest BCUT2D eigenvalue weighted by atomic mass is 10.1. The van der Waals surface area contributed by atoms with Gasteiger partial charge in [-0.2, -0.15) is 0 Å². The molecule has 22 heavy (non-hydrogen) atoms. The van der Waals surface area contributed by atoms with Gasteiger partial charge < -0.3 is 4.74 Å². The first-order valence-electron chi connectivity index (χ1n) is 6.92. The van der Waals surface area contributed by atoms with Crippen molar-refractivity contribution in [3.63, 3.8) is 0 Å². The van der Waals surface area contributed by atoms with Crippen molar-refractivity contribution in [2.24, 2.45) is 0 Å². The monoisotopic (exact) mass is 299 g/mol. The van der Waals surface area contributed by atoms with Crippen molar-refractivity contribution in [3.05, 3.63) is 59.4 Å². The summed E-state index contributed by atoms with van der Waals surface area (Å²) in [7, 11) is 0. The topological polar surface area (TPSA) is 57.0 Å². The molecular weight excluding hydrogens is 285 g/mol. The largest absolute Gasteiger partial charge is 0.462 e. The van der Waals surface area contributed by atoms with Gasteiger partial charge in [-0.3, -0.25) is 0 Å². The molecule has 0 atom stereocenters. The molecule has 0 saturated heterocycles. The van der Waals surface area contributed by atoms with Crippen LogP contribution in [-0.2, 0) is 11.3 Å². The van der Waals surface area contributed by atoms with E-state index < -0.39 is 0 Å². The van der Waals surface area contributed by atoms with Crippen molar-refractivity contribution in [2.75, 3.05) is 6.61 Å². The molecule has 0 aliphatic heterocycles. The highest BCUT2D eigenvalue weighted by Gasteiger charge is 2.08. The molecule has 5 nitrogen and oxygen atoms in total. The maximum absolute atomic E-state index is 13.1. The Morgan fingerprint density at radius 1 is 1.23 bits per heavy atom. The van der Waals surface area contributed by atoms with Crippen molar-refractivity contribution in [2.45, 2.75) is 13.5 Å². The number of carbonyl (C=O) groups excluding carboxylic acids is 1. The first-order chi connectivity index (χ1) is 10.7. The third kappa shape index (κ3) is 2.81. The summed E-state index contributed by atoms with van der Waals surface area (Å²) in [6.07, 6.45) is 0. The number of hydrogen-bond donors (Lipinski definition) is 0. The highest BCUT2D eigenvalue weighted by atomic mass is 19.1. The second-order valence-electron chi connectivity index (χ2n) is 4.80. The highest BCUT2D eigenvalue weighted by molar-refractivity contribution is 5.89. The minimum Gasteiger partial charge on any atom is -0.462 e. The second-order valence-corrected chi connectivity index (χ2v) is 4.80. The van der Waals surface area contributed by atoms with E-state index in [1.807, 2.05) is 12.1 Å². The maximum atomic E-state index is 13.1.